The maximum Gasteiger partial charge on any atom is 0.251 e. The summed E-state index contributed by atoms with van der Waals surface area (Å²) in [6, 6.07) is 21.6. The second-order valence-corrected chi connectivity index (χ2v) is 8.43. The van der Waals surface area contributed by atoms with Crippen LogP contribution in [0.5, 0.6) is 0 Å². The molecule has 1 aliphatic heterocycles. The molecule has 4 aromatic rings. The Morgan fingerprint density at radius 1 is 0.939 bits per heavy atom. The van der Waals surface area contributed by atoms with Crippen molar-refractivity contribution in [2.75, 3.05) is 46.3 Å². The van der Waals surface area contributed by atoms with E-state index in [1.165, 1.54) is 0 Å². The Bertz CT molecular complexity index is 1230. The zero-order valence-corrected chi connectivity index (χ0v) is 18.8. The Hall–Kier alpha value is -3.55. The summed E-state index contributed by atoms with van der Waals surface area (Å²) in [5, 5.41) is 3.05. The summed E-state index contributed by atoms with van der Waals surface area (Å²) >= 11 is 0. The Morgan fingerprint density at radius 2 is 1.70 bits per heavy atom. The van der Waals surface area contributed by atoms with Gasteiger partial charge in [-0.2, -0.15) is 0 Å². The van der Waals surface area contributed by atoms with Crippen LogP contribution in [0.25, 0.3) is 28.2 Å². The van der Waals surface area contributed by atoms with Gasteiger partial charge in [-0.3, -0.25) is 14.3 Å². The number of aromatic nitrogens is 3. The van der Waals surface area contributed by atoms with Gasteiger partial charge in [0.25, 0.3) is 5.91 Å². The molecule has 2 aromatic heterocycles. The summed E-state index contributed by atoms with van der Waals surface area (Å²) in [6.45, 7) is 5.80. The van der Waals surface area contributed by atoms with Gasteiger partial charge in [-0.25, -0.2) is 9.97 Å². The fraction of sp³-hybridized carbons (Fsp3) is 0.269. The van der Waals surface area contributed by atoms with E-state index in [-0.39, 0.29) is 5.91 Å². The lowest BCUT2D eigenvalue weighted by Crippen LogP contribution is -2.46. The Kier molecular flexibility index (Phi) is 6.15. The second kappa shape index (κ2) is 9.52. The van der Waals surface area contributed by atoms with E-state index in [2.05, 4.69) is 27.1 Å². The molecule has 3 heterocycles. The molecule has 0 atom stereocenters. The maximum atomic E-state index is 12.7. The first-order valence-electron chi connectivity index (χ1n) is 11.4. The normalized spacial score (nSPS) is 15.1. The standard InChI is InChI=1S/C26H28N6O/c1-30-16-18-31(19-17-30)15-14-28-26(33)21-9-11-22(12-10-21)32-24(20-6-3-2-4-7-20)29-23-8-5-13-27-25(23)32/h2-13H,14-19H2,1H3,(H,28,33). The molecule has 0 bridgehead atoms. The number of amides is 1. The monoisotopic (exact) mass is 440 g/mol. The topological polar surface area (TPSA) is 66.3 Å². The van der Waals surface area contributed by atoms with Crippen molar-refractivity contribution in [3.05, 3.63) is 78.5 Å². The highest BCUT2D eigenvalue weighted by Gasteiger charge is 2.16. The molecule has 0 aliphatic carbocycles. The van der Waals surface area contributed by atoms with Crippen LogP contribution in [0.1, 0.15) is 10.4 Å². The fourth-order valence-electron chi connectivity index (χ4n) is 4.20. The van der Waals surface area contributed by atoms with E-state index in [0.717, 1.165) is 61.0 Å². The third kappa shape index (κ3) is 4.65. The summed E-state index contributed by atoms with van der Waals surface area (Å²) in [4.78, 5) is 26.8. The van der Waals surface area contributed by atoms with Crippen molar-refractivity contribution in [1.82, 2.24) is 29.7 Å². The van der Waals surface area contributed by atoms with Crippen molar-refractivity contribution in [3.8, 4) is 17.1 Å². The molecule has 1 fully saturated rings. The van der Waals surface area contributed by atoms with E-state index in [0.29, 0.717) is 12.1 Å². The number of hydrogen-bond acceptors (Lipinski definition) is 5. The van der Waals surface area contributed by atoms with Crippen LogP contribution in [-0.2, 0) is 0 Å². The van der Waals surface area contributed by atoms with Gasteiger partial charge < -0.3 is 10.2 Å². The molecule has 7 nitrogen and oxygen atoms in total. The zero-order chi connectivity index (χ0) is 22.6. The quantitative estimate of drug-likeness (QED) is 0.499. The number of nitrogens with one attached hydrogen (secondary N) is 1. The van der Waals surface area contributed by atoms with Gasteiger partial charge in [-0.15, -0.1) is 0 Å². The second-order valence-electron chi connectivity index (χ2n) is 8.43. The van der Waals surface area contributed by atoms with Crippen LogP contribution < -0.4 is 5.32 Å². The first-order chi connectivity index (χ1) is 16.2. The SMILES string of the molecule is CN1CCN(CCNC(=O)c2ccc(-n3c(-c4ccccc4)nc4cccnc43)cc2)CC1. The lowest BCUT2D eigenvalue weighted by Gasteiger charge is -2.32. The zero-order valence-electron chi connectivity index (χ0n) is 18.8. The van der Waals surface area contributed by atoms with Crippen LogP contribution in [-0.4, -0.2) is 76.6 Å². The minimum Gasteiger partial charge on any atom is -0.351 e. The summed E-state index contributed by atoms with van der Waals surface area (Å²) in [6.07, 6.45) is 1.78. The van der Waals surface area contributed by atoms with E-state index in [9.17, 15) is 4.79 Å². The molecule has 33 heavy (non-hydrogen) atoms. The van der Waals surface area contributed by atoms with Gasteiger partial charge in [0, 0.05) is 62.3 Å². The van der Waals surface area contributed by atoms with Crippen LogP contribution in [0.4, 0.5) is 0 Å². The maximum absolute atomic E-state index is 12.7. The van der Waals surface area contributed by atoms with E-state index >= 15 is 0 Å². The smallest absolute Gasteiger partial charge is 0.251 e. The van der Waals surface area contributed by atoms with E-state index in [1.807, 2.05) is 71.3 Å². The number of likely N-dealkylation sites (N-methyl/N-ethyl adjacent to an activating group) is 1. The highest BCUT2D eigenvalue weighted by atomic mass is 16.1. The Labute approximate surface area is 193 Å². The molecular weight excluding hydrogens is 412 g/mol. The molecule has 2 aromatic carbocycles. The highest BCUT2D eigenvalue weighted by molar-refractivity contribution is 5.94. The van der Waals surface area contributed by atoms with Crippen molar-refractivity contribution in [2.24, 2.45) is 0 Å². The molecule has 0 saturated carbocycles. The number of nitrogens with zero attached hydrogens (tertiary/aromatic N) is 5. The summed E-state index contributed by atoms with van der Waals surface area (Å²) in [5.74, 6) is 0.779. The van der Waals surface area contributed by atoms with Gasteiger partial charge in [-0.05, 0) is 43.4 Å². The molecular formula is C26H28N6O. The van der Waals surface area contributed by atoms with Crippen molar-refractivity contribution in [3.63, 3.8) is 0 Å². The number of piperazine rings is 1. The molecule has 1 aliphatic rings. The molecule has 0 radical (unpaired) electrons. The first-order valence-corrected chi connectivity index (χ1v) is 11.4. The predicted molar refractivity (Wildman–Crippen MR) is 131 cm³/mol. The van der Waals surface area contributed by atoms with Gasteiger partial charge in [0.2, 0.25) is 0 Å². The first kappa shape index (κ1) is 21.3. The van der Waals surface area contributed by atoms with Crippen LogP contribution in [0.15, 0.2) is 72.9 Å². The molecule has 168 valence electrons. The average Bonchev–Trinajstić information content (AvgIpc) is 3.25. The lowest BCUT2D eigenvalue weighted by molar-refractivity contribution is 0.0941. The minimum absolute atomic E-state index is 0.0485. The van der Waals surface area contributed by atoms with Gasteiger partial charge >= 0.3 is 0 Å². The number of imidazole rings is 1. The van der Waals surface area contributed by atoms with Crippen LogP contribution in [0.2, 0.25) is 0 Å². The lowest BCUT2D eigenvalue weighted by atomic mass is 10.1. The molecule has 1 N–H and O–H groups in total. The largest absolute Gasteiger partial charge is 0.351 e. The average molecular weight is 441 g/mol. The Balaban J connectivity index is 1.33. The molecule has 7 heteroatoms. The molecule has 1 saturated heterocycles. The number of rotatable bonds is 6. The molecule has 5 rings (SSSR count). The van der Waals surface area contributed by atoms with Crippen molar-refractivity contribution >= 4 is 17.1 Å². The van der Waals surface area contributed by atoms with E-state index in [4.69, 9.17) is 4.98 Å². The van der Waals surface area contributed by atoms with Crippen molar-refractivity contribution in [1.29, 1.82) is 0 Å². The number of benzene rings is 2. The number of pyridine rings is 1. The minimum atomic E-state index is -0.0485. The van der Waals surface area contributed by atoms with Gasteiger partial charge in [-0.1, -0.05) is 30.3 Å². The van der Waals surface area contributed by atoms with Crippen LogP contribution >= 0.6 is 0 Å². The number of hydrogen-bond donors (Lipinski definition) is 1. The number of carbonyl (C=O) groups excluding carboxylic acids is 1. The predicted octanol–water partition coefficient (Wildman–Crippen LogP) is 3.06. The summed E-state index contributed by atoms with van der Waals surface area (Å²) < 4.78 is 2.04. The van der Waals surface area contributed by atoms with E-state index < -0.39 is 0 Å². The van der Waals surface area contributed by atoms with Gasteiger partial charge in [0.05, 0.1) is 0 Å². The van der Waals surface area contributed by atoms with Crippen molar-refractivity contribution < 1.29 is 4.79 Å². The van der Waals surface area contributed by atoms with Gasteiger partial charge in [0.15, 0.2) is 5.65 Å². The molecule has 0 unspecified atom stereocenters. The highest BCUT2D eigenvalue weighted by Crippen LogP contribution is 2.27. The molecule has 1 amide bonds. The van der Waals surface area contributed by atoms with Crippen LogP contribution in [0, 0.1) is 0 Å². The number of fused-ring (bicyclic) bond motifs is 1. The van der Waals surface area contributed by atoms with Crippen molar-refractivity contribution in [2.45, 2.75) is 0 Å². The van der Waals surface area contributed by atoms with Crippen LogP contribution in [0.3, 0.4) is 0 Å². The summed E-state index contributed by atoms with van der Waals surface area (Å²) in [7, 11) is 2.15. The Morgan fingerprint density at radius 3 is 2.45 bits per heavy atom. The third-order valence-electron chi connectivity index (χ3n) is 6.15. The summed E-state index contributed by atoms with van der Waals surface area (Å²) in [5.41, 5.74) is 4.21. The number of carbonyl (C=O) groups is 1. The molecule has 0 spiro atoms. The van der Waals surface area contributed by atoms with E-state index in [1.54, 1.807) is 6.20 Å². The van der Waals surface area contributed by atoms with Gasteiger partial charge in [0.1, 0.15) is 11.3 Å². The fourth-order valence-corrected chi connectivity index (χ4v) is 4.20. The third-order valence-corrected chi connectivity index (χ3v) is 6.15.